The van der Waals surface area contributed by atoms with Crippen LogP contribution in [0.5, 0.6) is 0 Å². The third kappa shape index (κ3) is 2.66. The van der Waals surface area contributed by atoms with E-state index in [1.54, 1.807) is 4.90 Å². The summed E-state index contributed by atoms with van der Waals surface area (Å²) in [5.41, 5.74) is 2.62. The molecule has 0 unspecified atom stereocenters. The van der Waals surface area contributed by atoms with E-state index in [4.69, 9.17) is 5.26 Å². The van der Waals surface area contributed by atoms with Gasteiger partial charge in [-0.25, -0.2) is 0 Å². The topological polar surface area (TPSA) is 56.1 Å². The van der Waals surface area contributed by atoms with Crippen LogP contribution >= 0.6 is 0 Å². The first-order valence-electron chi connectivity index (χ1n) is 7.69. The van der Waals surface area contributed by atoms with Crippen LogP contribution in [0.15, 0.2) is 24.3 Å². The van der Waals surface area contributed by atoms with Gasteiger partial charge < -0.3 is 10.2 Å². The molecule has 3 atom stereocenters. The average molecular weight is 283 g/mol. The van der Waals surface area contributed by atoms with Crippen molar-refractivity contribution in [3.63, 3.8) is 0 Å². The molecule has 0 aliphatic carbocycles. The third-order valence-corrected chi connectivity index (χ3v) is 4.74. The number of hydrogen-bond acceptors (Lipinski definition) is 3. The van der Waals surface area contributed by atoms with Gasteiger partial charge in [-0.3, -0.25) is 4.79 Å². The van der Waals surface area contributed by atoms with Crippen molar-refractivity contribution in [2.45, 2.75) is 44.2 Å². The number of carbonyl (C=O) groups is 1. The van der Waals surface area contributed by atoms with Crippen LogP contribution < -0.4 is 5.32 Å². The van der Waals surface area contributed by atoms with Gasteiger partial charge in [0.15, 0.2) is 0 Å². The quantitative estimate of drug-likeness (QED) is 0.902. The van der Waals surface area contributed by atoms with Gasteiger partial charge in [0, 0.05) is 13.1 Å². The second-order valence-electron chi connectivity index (χ2n) is 6.07. The fourth-order valence-electron chi connectivity index (χ4n) is 3.57. The summed E-state index contributed by atoms with van der Waals surface area (Å²) in [4.78, 5) is 14.4. The van der Waals surface area contributed by atoms with Crippen molar-refractivity contribution < 1.29 is 4.79 Å². The van der Waals surface area contributed by atoms with Gasteiger partial charge in [-0.15, -0.1) is 0 Å². The molecule has 4 heteroatoms. The predicted octanol–water partition coefficient (Wildman–Crippen LogP) is 1.96. The molecule has 110 valence electrons. The lowest BCUT2D eigenvalue weighted by Gasteiger charge is -2.23. The molecule has 0 saturated carbocycles. The van der Waals surface area contributed by atoms with E-state index in [1.807, 2.05) is 6.07 Å². The number of benzene rings is 1. The van der Waals surface area contributed by atoms with E-state index in [0.717, 1.165) is 32.4 Å². The van der Waals surface area contributed by atoms with Gasteiger partial charge >= 0.3 is 0 Å². The number of carbonyl (C=O) groups excluding carboxylic acids is 1. The SMILES string of the molecule is Cc1ccccc1[C@@H]1CN[C@H](C(=O)N2CCC[C@H]2C#N)C1. The van der Waals surface area contributed by atoms with E-state index in [1.165, 1.54) is 11.1 Å². The number of rotatable bonds is 2. The number of hydrogen-bond donors (Lipinski definition) is 1. The molecule has 1 N–H and O–H groups in total. The molecule has 3 rings (SSSR count). The molecule has 2 heterocycles. The maximum atomic E-state index is 12.6. The number of nitrogens with zero attached hydrogens (tertiary/aromatic N) is 2. The van der Waals surface area contributed by atoms with Crippen LogP contribution in [0.3, 0.4) is 0 Å². The first-order valence-corrected chi connectivity index (χ1v) is 7.69. The summed E-state index contributed by atoms with van der Waals surface area (Å²) in [5.74, 6) is 0.499. The van der Waals surface area contributed by atoms with E-state index < -0.39 is 0 Å². The number of nitrogens with one attached hydrogen (secondary N) is 1. The fourth-order valence-corrected chi connectivity index (χ4v) is 3.57. The van der Waals surface area contributed by atoms with Crippen molar-refractivity contribution in [3.8, 4) is 6.07 Å². The van der Waals surface area contributed by atoms with Crippen LogP contribution in [0.2, 0.25) is 0 Å². The molecule has 0 radical (unpaired) electrons. The monoisotopic (exact) mass is 283 g/mol. The summed E-state index contributed by atoms with van der Waals surface area (Å²) in [6.07, 6.45) is 2.59. The van der Waals surface area contributed by atoms with Crippen LogP contribution in [0.1, 0.15) is 36.3 Å². The molecular formula is C17H21N3O. The Labute approximate surface area is 125 Å². The Morgan fingerprint density at radius 3 is 3.00 bits per heavy atom. The molecule has 1 aromatic rings. The molecule has 2 saturated heterocycles. The molecule has 1 amide bonds. The Kier molecular flexibility index (Phi) is 3.94. The van der Waals surface area contributed by atoms with Gasteiger partial charge in [0.2, 0.25) is 5.91 Å². The van der Waals surface area contributed by atoms with Gasteiger partial charge in [-0.2, -0.15) is 5.26 Å². The van der Waals surface area contributed by atoms with Crippen molar-refractivity contribution in [1.29, 1.82) is 5.26 Å². The number of nitriles is 1. The maximum Gasteiger partial charge on any atom is 0.240 e. The Bertz CT molecular complexity index is 578. The summed E-state index contributed by atoms with van der Waals surface area (Å²) in [6, 6.07) is 10.3. The largest absolute Gasteiger partial charge is 0.325 e. The highest BCUT2D eigenvalue weighted by atomic mass is 16.2. The van der Waals surface area contributed by atoms with Crippen molar-refractivity contribution in [3.05, 3.63) is 35.4 Å². The first kappa shape index (κ1) is 14.1. The highest BCUT2D eigenvalue weighted by Gasteiger charge is 2.37. The summed E-state index contributed by atoms with van der Waals surface area (Å²) in [7, 11) is 0. The first-order chi connectivity index (χ1) is 10.2. The van der Waals surface area contributed by atoms with Crippen LogP contribution in [-0.2, 0) is 4.79 Å². The van der Waals surface area contributed by atoms with Crippen LogP contribution in [0.4, 0.5) is 0 Å². The number of amides is 1. The zero-order chi connectivity index (χ0) is 14.8. The zero-order valence-corrected chi connectivity index (χ0v) is 12.4. The molecule has 0 bridgehead atoms. The Hall–Kier alpha value is -1.86. The summed E-state index contributed by atoms with van der Waals surface area (Å²) in [5, 5.41) is 12.5. The predicted molar refractivity (Wildman–Crippen MR) is 80.7 cm³/mol. The molecule has 2 fully saturated rings. The minimum atomic E-state index is -0.225. The molecule has 21 heavy (non-hydrogen) atoms. The molecule has 4 nitrogen and oxygen atoms in total. The lowest BCUT2D eigenvalue weighted by atomic mass is 9.92. The second kappa shape index (κ2) is 5.87. The molecule has 2 aliphatic heterocycles. The van der Waals surface area contributed by atoms with Crippen LogP contribution in [0.25, 0.3) is 0 Å². The number of likely N-dealkylation sites (tertiary alicyclic amines) is 1. The molecular weight excluding hydrogens is 262 g/mol. The van der Waals surface area contributed by atoms with Crippen molar-refractivity contribution in [2.24, 2.45) is 0 Å². The van der Waals surface area contributed by atoms with Gasteiger partial charge in [-0.05, 0) is 43.2 Å². The summed E-state index contributed by atoms with van der Waals surface area (Å²) in [6.45, 7) is 3.69. The van der Waals surface area contributed by atoms with Gasteiger partial charge in [-0.1, -0.05) is 24.3 Å². The van der Waals surface area contributed by atoms with Gasteiger partial charge in [0.05, 0.1) is 12.1 Å². The summed E-state index contributed by atoms with van der Waals surface area (Å²) < 4.78 is 0. The third-order valence-electron chi connectivity index (χ3n) is 4.74. The van der Waals surface area contributed by atoms with E-state index in [9.17, 15) is 4.79 Å². The maximum absolute atomic E-state index is 12.6. The Morgan fingerprint density at radius 2 is 2.24 bits per heavy atom. The lowest BCUT2D eigenvalue weighted by molar-refractivity contribution is -0.133. The fraction of sp³-hybridized carbons (Fsp3) is 0.529. The van der Waals surface area contributed by atoms with E-state index in [-0.39, 0.29) is 18.0 Å². The normalized spacial score (nSPS) is 28.6. The second-order valence-corrected chi connectivity index (χ2v) is 6.07. The Balaban J connectivity index is 1.69. The minimum Gasteiger partial charge on any atom is -0.325 e. The zero-order valence-electron chi connectivity index (χ0n) is 12.4. The van der Waals surface area contributed by atoms with Crippen molar-refractivity contribution in [2.75, 3.05) is 13.1 Å². The molecule has 2 aliphatic rings. The molecule has 1 aromatic carbocycles. The number of aryl methyl sites for hydroxylation is 1. The molecule has 0 spiro atoms. The average Bonchev–Trinajstić information content (AvgIpc) is 3.16. The van der Waals surface area contributed by atoms with Crippen LogP contribution in [0, 0.1) is 18.3 Å². The van der Waals surface area contributed by atoms with E-state index in [0.29, 0.717) is 5.92 Å². The highest BCUT2D eigenvalue weighted by Crippen LogP contribution is 2.29. The van der Waals surface area contributed by atoms with Crippen molar-refractivity contribution in [1.82, 2.24) is 10.2 Å². The Morgan fingerprint density at radius 1 is 1.43 bits per heavy atom. The van der Waals surface area contributed by atoms with Gasteiger partial charge in [0.25, 0.3) is 0 Å². The molecule has 0 aromatic heterocycles. The standard InChI is InChI=1S/C17H21N3O/c1-12-5-2-3-7-15(12)13-9-16(19-11-13)17(21)20-8-4-6-14(20)10-18/h2-3,5,7,13-14,16,19H,4,6,8-9,11H2,1H3/t13-,14-,16-/m0/s1. The van der Waals surface area contributed by atoms with Gasteiger partial charge in [0.1, 0.15) is 6.04 Å². The van der Waals surface area contributed by atoms with Crippen LogP contribution in [-0.4, -0.2) is 36.0 Å². The summed E-state index contributed by atoms with van der Waals surface area (Å²) >= 11 is 0. The van der Waals surface area contributed by atoms with E-state index >= 15 is 0 Å². The minimum absolute atomic E-state index is 0.107. The highest BCUT2D eigenvalue weighted by molar-refractivity contribution is 5.83. The van der Waals surface area contributed by atoms with Crippen molar-refractivity contribution >= 4 is 5.91 Å². The smallest absolute Gasteiger partial charge is 0.240 e. The van der Waals surface area contributed by atoms with E-state index in [2.05, 4.69) is 36.5 Å². The lowest BCUT2D eigenvalue weighted by Crippen LogP contribution is -2.45.